The zero-order valence-electron chi connectivity index (χ0n) is 14.2. The second-order valence-electron chi connectivity index (χ2n) is 6.77. The molecule has 0 spiro atoms. The molecule has 0 saturated carbocycles. The summed E-state index contributed by atoms with van der Waals surface area (Å²) in [6.45, 7) is 3.65. The summed E-state index contributed by atoms with van der Waals surface area (Å²) in [6, 6.07) is 14.7. The van der Waals surface area contributed by atoms with E-state index >= 15 is 0 Å². The van der Waals surface area contributed by atoms with Crippen molar-refractivity contribution >= 4 is 5.91 Å². The van der Waals surface area contributed by atoms with Crippen LogP contribution in [0.3, 0.4) is 0 Å². The normalized spacial score (nSPS) is 15.5. The molecule has 0 aliphatic carbocycles. The molecular weight excluding hydrogens is 301 g/mol. The molecule has 2 aromatic rings. The average molecular weight is 325 g/mol. The van der Waals surface area contributed by atoms with E-state index in [0.717, 1.165) is 32.4 Å². The molecule has 0 N–H and O–H groups in total. The predicted octanol–water partition coefficient (Wildman–Crippen LogP) is 4.62. The number of benzene rings is 2. The Morgan fingerprint density at radius 3 is 2.50 bits per heavy atom. The van der Waals surface area contributed by atoms with Crippen LogP contribution in [0.15, 0.2) is 48.5 Å². The van der Waals surface area contributed by atoms with E-state index in [1.54, 1.807) is 12.1 Å². The molecule has 0 bridgehead atoms. The topological polar surface area (TPSA) is 20.3 Å². The monoisotopic (exact) mass is 325 g/mol. The van der Waals surface area contributed by atoms with E-state index in [4.69, 9.17) is 0 Å². The summed E-state index contributed by atoms with van der Waals surface area (Å²) in [6.07, 6.45) is 4.34. The van der Waals surface area contributed by atoms with Gasteiger partial charge in [-0.05, 0) is 62.3 Å². The summed E-state index contributed by atoms with van der Waals surface area (Å²) in [5.74, 6) is 0.267. The Morgan fingerprint density at radius 1 is 1.12 bits per heavy atom. The fourth-order valence-corrected chi connectivity index (χ4v) is 3.35. The highest BCUT2D eigenvalue weighted by molar-refractivity contribution is 5.94. The second-order valence-corrected chi connectivity index (χ2v) is 6.77. The van der Waals surface area contributed by atoms with Crippen molar-refractivity contribution in [3.63, 3.8) is 0 Å². The van der Waals surface area contributed by atoms with Crippen LogP contribution in [0.2, 0.25) is 0 Å². The molecule has 24 heavy (non-hydrogen) atoms. The van der Waals surface area contributed by atoms with Crippen LogP contribution in [-0.4, -0.2) is 23.9 Å². The van der Waals surface area contributed by atoms with Gasteiger partial charge in [-0.1, -0.05) is 35.9 Å². The van der Waals surface area contributed by atoms with Crippen molar-refractivity contribution in [2.24, 2.45) is 5.92 Å². The Labute approximate surface area is 143 Å². The number of rotatable bonds is 4. The third-order valence-corrected chi connectivity index (χ3v) is 4.94. The molecule has 0 radical (unpaired) electrons. The highest BCUT2D eigenvalue weighted by atomic mass is 19.1. The SMILES string of the molecule is Cc1ccc(CCC2CCN(C(=O)c3cccc(F)c3)CC2)cc1. The number of hydrogen-bond donors (Lipinski definition) is 0. The van der Waals surface area contributed by atoms with Gasteiger partial charge in [0.25, 0.3) is 5.91 Å². The van der Waals surface area contributed by atoms with Gasteiger partial charge in [0.15, 0.2) is 0 Å². The van der Waals surface area contributed by atoms with Crippen molar-refractivity contribution in [2.45, 2.75) is 32.6 Å². The van der Waals surface area contributed by atoms with Crippen molar-refractivity contribution in [3.05, 3.63) is 71.0 Å². The molecule has 126 valence electrons. The van der Waals surface area contributed by atoms with Gasteiger partial charge >= 0.3 is 0 Å². The minimum atomic E-state index is -0.353. The molecule has 2 aromatic carbocycles. The number of aryl methyl sites for hydroxylation is 2. The summed E-state index contributed by atoms with van der Waals surface area (Å²) in [7, 11) is 0. The Balaban J connectivity index is 1.48. The van der Waals surface area contributed by atoms with Gasteiger partial charge in [-0.25, -0.2) is 4.39 Å². The maximum atomic E-state index is 13.3. The predicted molar refractivity (Wildman–Crippen MR) is 94.5 cm³/mol. The summed E-state index contributed by atoms with van der Waals surface area (Å²) in [5.41, 5.74) is 3.13. The van der Waals surface area contributed by atoms with Gasteiger partial charge in [-0.3, -0.25) is 4.79 Å². The Hall–Kier alpha value is -2.16. The number of likely N-dealkylation sites (tertiary alicyclic amines) is 1. The molecule has 0 aromatic heterocycles. The Morgan fingerprint density at radius 2 is 1.83 bits per heavy atom. The third kappa shape index (κ3) is 4.22. The number of nitrogens with zero attached hydrogens (tertiary/aromatic N) is 1. The molecule has 1 fully saturated rings. The van der Waals surface area contributed by atoms with Crippen molar-refractivity contribution < 1.29 is 9.18 Å². The lowest BCUT2D eigenvalue weighted by atomic mass is 9.90. The Bertz CT molecular complexity index is 687. The highest BCUT2D eigenvalue weighted by Crippen LogP contribution is 2.23. The number of halogens is 1. The van der Waals surface area contributed by atoms with Crippen LogP contribution < -0.4 is 0 Å². The minimum Gasteiger partial charge on any atom is -0.339 e. The third-order valence-electron chi connectivity index (χ3n) is 4.94. The van der Waals surface area contributed by atoms with Crippen LogP contribution in [0.25, 0.3) is 0 Å². The largest absolute Gasteiger partial charge is 0.339 e. The van der Waals surface area contributed by atoms with Gasteiger partial charge in [-0.2, -0.15) is 0 Å². The molecule has 2 nitrogen and oxygen atoms in total. The summed E-state index contributed by atoms with van der Waals surface area (Å²) in [5, 5.41) is 0. The summed E-state index contributed by atoms with van der Waals surface area (Å²) in [4.78, 5) is 14.3. The molecule has 3 rings (SSSR count). The first-order valence-corrected chi connectivity index (χ1v) is 8.72. The lowest BCUT2D eigenvalue weighted by molar-refractivity contribution is 0.0686. The van der Waals surface area contributed by atoms with Crippen LogP contribution in [0.4, 0.5) is 4.39 Å². The van der Waals surface area contributed by atoms with Gasteiger partial charge in [-0.15, -0.1) is 0 Å². The van der Waals surface area contributed by atoms with E-state index in [-0.39, 0.29) is 11.7 Å². The summed E-state index contributed by atoms with van der Waals surface area (Å²) >= 11 is 0. The molecular formula is C21H24FNO. The lowest BCUT2D eigenvalue weighted by Gasteiger charge is -2.32. The molecule has 1 aliphatic rings. The van der Waals surface area contributed by atoms with Crippen molar-refractivity contribution in [3.8, 4) is 0 Å². The van der Waals surface area contributed by atoms with E-state index in [2.05, 4.69) is 31.2 Å². The number of hydrogen-bond acceptors (Lipinski definition) is 1. The number of amides is 1. The van der Waals surface area contributed by atoms with Crippen molar-refractivity contribution in [2.75, 3.05) is 13.1 Å². The minimum absolute atomic E-state index is 0.0496. The maximum Gasteiger partial charge on any atom is 0.253 e. The fraction of sp³-hybridized carbons (Fsp3) is 0.381. The molecule has 1 amide bonds. The van der Waals surface area contributed by atoms with Gasteiger partial charge < -0.3 is 4.90 Å². The van der Waals surface area contributed by atoms with E-state index in [0.29, 0.717) is 11.5 Å². The first-order valence-electron chi connectivity index (χ1n) is 8.72. The average Bonchev–Trinajstić information content (AvgIpc) is 2.61. The zero-order chi connectivity index (χ0) is 16.9. The first-order chi connectivity index (χ1) is 11.6. The lowest BCUT2D eigenvalue weighted by Crippen LogP contribution is -2.38. The first kappa shape index (κ1) is 16.7. The maximum absolute atomic E-state index is 13.3. The number of carbonyl (C=O) groups is 1. The van der Waals surface area contributed by atoms with Crippen LogP contribution in [0.1, 0.15) is 40.7 Å². The van der Waals surface area contributed by atoms with Gasteiger partial charge in [0.2, 0.25) is 0 Å². The Kier molecular flexibility index (Phi) is 5.29. The van der Waals surface area contributed by atoms with Crippen LogP contribution in [0.5, 0.6) is 0 Å². The quantitative estimate of drug-likeness (QED) is 0.803. The zero-order valence-corrected chi connectivity index (χ0v) is 14.2. The molecule has 0 atom stereocenters. The van der Waals surface area contributed by atoms with Gasteiger partial charge in [0.1, 0.15) is 5.82 Å². The van der Waals surface area contributed by atoms with Crippen LogP contribution in [0, 0.1) is 18.7 Å². The van der Waals surface area contributed by atoms with Gasteiger partial charge in [0, 0.05) is 18.7 Å². The highest BCUT2D eigenvalue weighted by Gasteiger charge is 2.23. The standard InChI is InChI=1S/C21H24FNO/c1-16-5-7-17(8-6-16)9-10-18-11-13-23(14-12-18)21(24)19-3-2-4-20(22)15-19/h2-8,15,18H,9-14H2,1H3. The van der Waals surface area contributed by atoms with E-state index in [1.807, 2.05) is 4.90 Å². The van der Waals surface area contributed by atoms with Gasteiger partial charge in [0.05, 0.1) is 0 Å². The molecule has 1 aliphatic heterocycles. The molecule has 0 unspecified atom stereocenters. The number of piperidine rings is 1. The molecule has 1 saturated heterocycles. The van der Waals surface area contributed by atoms with Crippen LogP contribution >= 0.6 is 0 Å². The smallest absolute Gasteiger partial charge is 0.253 e. The summed E-state index contributed by atoms with van der Waals surface area (Å²) < 4.78 is 13.3. The van der Waals surface area contributed by atoms with Crippen molar-refractivity contribution in [1.82, 2.24) is 4.90 Å². The molecule has 1 heterocycles. The van der Waals surface area contributed by atoms with E-state index < -0.39 is 0 Å². The van der Waals surface area contributed by atoms with E-state index in [1.165, 1.54) is 29.7 Å². The second kappa shape index (κ2) is 7.61. The van der Waals surface area contributed by atoms with E-state index in [9.17, 15) is 9.18 Å². The number of carbonyl (C=O) groups excluding carboxylic acids is 1. The fourth-order valence-electron chi connectivity index (χ4n) is 3.35. The van der Waals surface area contributed by atoms with Crippen molar-refractivity contribution in [1.29, 1.82) is 0 Å². The molecule has 3 heteroatoms. The van der Waals surface area contributed by atoms with Crippen LogP contribution in [-0.2, 0) is 6.42 Å².